The zero-order valence-corrected chi connectivity index (χ0v) is 11.7. The lowest BCUT2D eigenvalue weighted by molar-refractivity contribution is -0.124. The van der Waals surface area contributed by atoms with Crippen molar-refractivity contribution in [2.24, 2.45) is 11.5 Å². The van der Waals surface area contributed by atoms with Gasteiger partial charge in [0.25, 0.3) is 0 Å². The van der Waals surface area contributed by atoms with Gasteiger partial charge in [0.15, 0.2) is 0 Å². The Balaban J connectivity index is 2.16. The van der Waals surface area contributed by atoms with E-state index >= 15 is 0 Å². The lowest BCUT2D eigenvalue weighted by Crippen LogP contribution is -2.56. The van der Waals surface area contributed by atoms with Gasteiger partial charge in [-0.25, -0.2) is 0 Å². The van der Waals surface area contributed by atoms with Crippen molar-refractivity contribution in [1.29, 1.82) is 0 Å². The number of nitrogens with zero attached hydrogens (tertiary/aromatic N) is 1. The highest BCUT2D eigenvalue weighted by Crippen LogP contribution is 2.21. The first kappa shape index (κ1) is 14.8. The third kappa shape index (κ3) is 3.27. The Bertz CT molecular complexity index is 535. The SMILES string of the molecule is NC(=O)c1ccc(CN2CCNCC2C(N)=O)c(Cl)c1. The molecule has 0 saturated carbocycles. The Morgan fingerprint density at radius 3 is 2.75 bits per heavy atom. The Morgan fingerprint density at radius 1 is 1.40 bits per heavy atom. The van der Waals surface area contributed by atoms with Gasteiger partial charge in [0, 0.05) is 36.8 Å². The molecule has 1 atom stereocenters. The Morgan fingerprint density at radius 2 is 2.15 bits per heavy atom. The highest BCUT2D eigenvalue weighted by molar-refractivity contribution is 6.31. The number of benzene rings is 1. The maximum absolute atomic E-state index is 11.4. The lowest BCUT2D eigenvalue weighted by Gasteiger charge is -2.34. The maximum atomic E-state index is 11.4. The van der Waals surface area contributed by atoms with Crippen LogP contribution in [0.15, 0.2) is 18.2 Å². The fraction of sp³-hybridized carbons (Fsp3) is 0.385. The molecule has 2 amide bonds. The lowest BCUT2D eigenvalue weighted by atomic mass is 10.1. The van der Waals surface area contributed by atoms with Gasteiger partial charge in [-0.1, -0.05) is 17.7 Å². The summed E-state index contributed by atoms with van der Waals surface area (Å²) in [6.07, 6.45) is 0. The van der Waals surface area contributed by atoms with Crippen LogP contribution in [0.5, 0.6) is 0 Å². The third-order valence-electron chi connectivity index (χ3n) is 3.39. The molecule has 6 nitrogen and oxygen atoms in total. The number of carbonyl (C=O) groups is 2. The summed E-state index contributed by atoms with van der Waals surface area (Å²) in [5.74, 6) is -0.877. The normalized spacial score (nSPS) is 19.8. The second-order valence-corrected chi connectivity index (χ2v) is 5.17. The topological polar surface area (TPSA) is 101 Å². The Labute approximate surface area is 122 Å². The number of piperazine rings is 1. The number of hydrogen-bond acceptors (Lipinski definition) is 4. The molecule has 1 aromatic rings. The van der Waals surface area contributed by atoms with Gasteiger partial charge in [0.2, 0.25) is 11.8 Å². The summed E-state index contributed by atoms with van der Waals surface area (Å²) in [5.41, 5.74) is 11.8. The van der Waals surface area contributed by atoms with Gasteiger partial charge >= 0.3 is 0 Å². The molecule has 2 rings (SSSR count). The summed E-state index contributed by atoms with van der Waals surface area (Å²) >= 11 is 6.15. The van der Waals surface area contributed by atoms with Crippen LogP contribution in [0.25, 0.3) is 0 Å². The summed E-state index contributed by atoms with van der Waals surface area (Å²) in [7, 11) is 0. The molecule has 108 valence electrons. The fourth-order valence-electron chi connectivity index (χ4n) is 2.26. The molecule has 1 unspecified atom stereocenters. The van der Waals surface area contributed by atoms with Crippen molar-refractivity contribution in [3.63, 3.8) is 0 Å². The molecule has 0 aromatic heterocycles. The molecule has 0 aliphatic carbocycles. The van der Waals surface area contributed by atoms with Crippen LogP contribution >= 0.6 is 11.6 Å². The molecule has 1 heterocycles. The molecule has 0 radical (unpaired) electrons. The summed E-state index contributed by atoms with van der Waals surface area (Å²) in [5, 5.41) is 3.60. The van der Waals surface area contributed by atoms with E-state index in [9.17, 15) is 9.59 Å². The predicted octanol–water partition coefficient (Wildman–Crippen LogP) is -0.302. The number of carbonyl (C=O) groups excluding carboxylic acids is 2. The van der Waals surface area contributed by atoms with Crippen LogP contribution in [0, 0.1) is 0 Å². The molecule has 1 fully saturated rings. The van der Waals surface area contributed by atoms with E-state index in [1.807, 2.05) is 4.90 Å². The molecule has 7 heteroatoms. The maximum Gasteiger partial charge on any atom is 0.248 e. The number of primary amides is 2. The van der Waals surface area contributed by atoms with Crippen LogP contribution in [0.2, 0.25) is 5.02 Å². The number of nitrogens with two attached hydrogens (primary N) is 2. The molecule has 1 saturated heterocycles. The summed E-state index contributed by atoms with van der Waals surface area (Å²) in [6, 6.07) is 4.57. The van der Waals surface area contributed by atoms with Crippen molar-refractivity contribution in [2.45, 2.75) is 12.6 Å². The highest BCUT2D eigenvalue weighted by atomic mass is 35.5. The average Bonchev–Trinajstić information content (AvgIpc) is 2.41. The molecule has 0 bridgehead atoms. The van der Waals surface area contributed by atoms with Crippen molar-refractivity contribution in [1.82, 2.24) is 10.2 Å². The van der Waals surface area contributed by atoms with E-state index in [1.165, 1.54) is 0 Å². The monoisotopic (exact) mass is 296 g/mol. The predicted molar refractivity (Wildman–Crippen MR) is 76.2 cm³/mol. The average molecular weight is 297 g/mol. The minimum atomic E-state index is -0.518. The van der Waals surface area contributed by atoms with Crippen LogP contribution in [0.3, 0.4) is 0 Å². The quantitative estimate of drug-likeness (QED) is 0.710. The van der Waals surface area contributed by atoms with Crippen molar-refractivity contribution in [3.8, 4) is 0 Å². The molecular weight excluding hydrogens is 280 g/mol. The minimum Gasteiger partial charge on any atom is -0.368 e. The van der Waals surface area contributed by atoms with Crippen molar-refractivity contribution in [2.75, 3.05) is 19.6 Å². The number of hydrogen-bond donors (Lipinski definition) is 3. The van der Waals surface area contributed by atoms with E-state index < -0.39 is 5.91 Å². The zero-order chi connectivity index (χ0) is 14.7. The second-order valence-electron chi connectivity index (χ2n) is 4.76. The fourth-order valence-corrected chi connectivity index (χ4v) is 2.50. The largest absolute Gasteiger partial charge is 0.368 e. The number of nitrogens with one attached hydrogen (secondary N) is 1. The van der Waals surface area contributed by atoms with Crippen LogP contribution in [-0.4, -0.2) is 42.4 Å². The second kappa shape index (κ2) is 6.21. The molecule has 5 N–H and O–H groups in total. The van der Waals surface area contributed by atoms with Gasteiger partial charge in [-0.15, -0.1) is 0 Å². The van der Waals surface area contributed by atoms with E-state index in [-0.39, 0.29) is 11.9 Å². The standard InChI is InChI=1S/C13H17ClN4O2/c14-10-5-8(12(15)19)1-2-9(10)7-18-4-3-17-6-11(18)13(16)20/h1-2,5,11,17H,3-4,6-7H2,(H2,15,19)(H2,16,20). The van der Waals surface area contributed by atoms with Gasteiger partial charge in [-0.2, -0.15) is 0 Å². The van der Waals surface area contributed by atoms with Crippen LogP contribution in [0.1, 0.15) is 15.9 Å². The molecule has 20 heavy (non-hydrogen) atoms. The summed E-state index contributed by atoms with van der Waals surface area (Å²) in [6.45, 7) is 2.54. The smallest absolute Gasteiger partial charge is 0.248 e. The van der Waals surface area contributed by atoms with Crippen molar-refractivity contribution < 1.29 is 9.59 Å². The minimum absolute atomic E-state index is 0.351. The van der Waals surface area contributed by atoms with E-state index in [4.69, 9.17) is 23.1 Å². The van der Waals surface area contributed by atoms with Crippen LogP contribution < -0.4 is 16.8 Å². The van der Waals surface area contributed by atoms with Crippen LogP contribution in [-0.2, 0) is 11.3 Å². The van der Waals surface area contributed by atoms with E-state index in [1.54, 1.807) is 18.2 Å². The Hall–Kier alpha value is -1.63. The number of rotatable bonds is 4. The highest BCUT2D eigenvalue weighted by Gasteiger charge is 2.27. The molecule has 1 aliphatic rings. The van der Waals surface area contributed by atoms with Crippen LogP contribution in [0.4, 0.5) is 0 Å². The molecule has 0 spiro atoms. The summed E-state index contributed by atoms with van der Waals surface area (Å²) in [4.78, 5) is 24.5. The van der Waals surface area contributed by atoms with E-state index in [0.29, 0.717) is 30.2 Å². The van der Waals surface area contributed by atoms with Crippen molar-refractivity contribution >= 4 is 23.4 Å². The first-order chi connectivity index (χ1) is 9.49. The van der Waals surface area contributed by atoms with E-state index in [2.05, 4.69) is 5.32 Å². The zero-order valence-electron chi connectivity index (χ0n) is 10.9. The number of halogens is 1. The van der Waals surface area contributed by atoms with Gasteiger partial charge in [0.1, 0.15) is 6.04 Å². The van der Waals surface area contributed by atoms with Gasteiger partial charge in [-0.05, 0) is 17.7 Å². The first-order valence-corrected chi connectivity index (χ1v) is 6.69. The third-order valence-corrected chi connectivity index (χ3v) is 3.75. The summed E-state index contributed by atoms with van der Waals surface area (Å²) < 4.78 is 0. The number of amides is 2. The molecular formula is C13H17ClN4O2. The first-order valence-electron chi connectivity index (χ1n) is 6.31. The van der Waals surface area contributed by atoms with E-state index in [0.717, 1.165) is 12.1 Å². The van der Waals surface area contributed by atoms with Gasteiger partial charge in [-0.3, -0.25) is 14.5 Å². The van der Waals surface area contributed by atoms with Crippen molar-refractivity contribution in [3.05, 3.63) is 34.3 Å². The molecule has 1 aromatic carbocycles. The Kier molecular flexibility index (Phi) is 4.59. The molecule has 1 aliphatic heterocycles. The van der Waals surface area contributed by atoms with Gasteiger partial charge in [0.05, 0.1) is 0 Å². The van der Waals surface area contributed by atoms with Gasteiger partial charge < -0.3 is 16.8 Å².